The molecule has 0 aliphatic heterocycles. The van der Waals surface area contributed by atoms with Crippen LogP contribution in [0.3, 0.4) is 0 Å². The van der Waals surface area contributed by atoms with Crippen LogP contribution in [0.25, 0.3) is 5.69 Å². The molecule has 0 unspecified atom stereocenters. The highest BCUT2D eigenvalue weighted by atomic mass is 32.1. The van der Waals surface area contributed by atoms with Gasteiger partial charge in [0, 0.05) is 12.6 Å². The van der Waals surface area contributed by atoms with Crippen LogP contribution in [0.15, 0.2) is 101 Å². The average molecular weight is 403 g/mol. The van der Waals surface area contributed by atoms with Gasteiger partial charge in [0.15, 0.2) is 10.6 Å². The lowest BCUT2D eigenvalue weighted by atomic mass is 10.2. The monoisotopic (exact) mass is 402 g/mol. The normalized spacial score (nSPS) is 12.3. The van der Waals surface area contributed by atoms with Crippen LogP contribution in [-0.2, 0) is 7.05 Å². The third-order valence-electron chi connectivity index (χ3n) is 4.14. The zero-order valence-corrected chi connectivity index (χ0v) is 16.9. The molecule has 0 aliphatic rings. The fourth-order valence-corrected chi connectivity index (χ4v) is 3.97. The summed E-state index contributed by atoms with van der Waals surface area (Å²) in [4.78, 5) is 10.4. The Morgan fingerprint density at radius 2 is 1.39 bits per heavy atom. The van der Waals surface area contributed by atoms with Gasteiger partial charge in [0.2, 0.25) is 4.80 Å². The highest BCUT2D eigenvalue weighted by Crippen LogP contribution is 2.15. The van der Waals surface area contributed by atoms with Gasteiger partial charge in [-0.15, -0.1) is 0 Å². The molecule has 0 bridgehead atoms. The Bertz CT molecular complexity index is 1220. The molecule has 0 atom stereocenters. The quantitative estimate of drug-likeness (QED) is 0.261. The summed E-state index contributed by atoms with van der Waals surface area (Å²) in [6.07, 6.45) is 0. The Morgan fingerprint density at radius 3 is 2.04 bits per heavy atom. The number of aliphatic imine (C=N–C) groups is 1. The van der Waals surface area contributed by atoms with E-state index in [2.05, 4.69) is 0 Å². The number of nitrogens with zero attached hydrogens (tertiary/aromatic N) is 4. The van der Waals surface area contributed by atoms with E-state index in [9.17, 15) is 0 Å². The van der Waals surface area contributed by atoms with Crippen LogP contribution < -0.4 is 4.80 Å². The van der Waals surface area contributed by atoms with E-state index in [-0.39, 0.29) is 0 Å². The molecule has 0 fully saturated rings. The highest BCUT2D eigenvalue weighted by molar-refractivity contribution is 7.71. The van der Waals surface area contributed by atoms with Gasteiger partial charge in [-0.1, -0.05) is 66.7 Å². The lowest BCUT2D eigenvalue weighted by Gasteiger charge is -2.01. The Hall–Kier alpha value is -3.09. The largest absolute Gasteiger partial charge is 0.295 e. The van der Waals surface area contributed by atoms with Crippen LogP contribution in [0.4, 0.5) is 5.69 Å². The second-order valence-corrected chi connectivity index (χ2v) is 7.37. The van der Waals surface area contributed by atoms with Crippen LogP contribution in [0.5, 0.6) is 0 Å². The van der Waals surface area contributed by atoms with Gasteiger partial charge in [0.1, 0.15) is 0 Å². The first-order valence-electron chi connectivity index (χ1n) is 8.81. The maximum absolute atomic E-state index is 5.63. The number of hydrogen-bond donors (Lipinski definition) is 0. The van der Waals surface area contributed by atoms with Crippen LogP contribution in [0.1, 0.15) is 5.56 Å². The Labute approximate surface area is 172 Å². The van der Waals surface area contributed by atoms with Gasteiger partial charge in [-0.05, 0) is 48.0 Å². The van der Waals surface area contributed by atoms with E-state index in [0.717, 1.165) is 21.7 Å². The van der Waals surface area contributed by atoms with Gasteiger partial charge in [0.05, 0.1) is 11.4 Å². The number of amidine groups is 1. The molecule has 0 radical (unpaired) electrons. The molecule has 0 saturated heterocycles. The topological polar surface area (TPSA) is 34.6 Å². The van der Waals surface area contributed by atoms with Crippen molar-refractivity contribution in [2.45, 2.75) is 0 Å². The molecule has 0 N–H and O–H groups in total. The van der Waals surface area contributed by atoms with Crippen molar-refractivity contribution >= 4 is 35.3 Å². The molecule has 6 heteroatoms. The lowest BCUT2D eigenvalue weighted by Crippen LogP contribution is -2.14. The Kier molecular flexibility index (Phi) is 5.41. The molecular weight excluding hydrogens is 384 g/mol. The molecule has 3 aromatic carbocycles. The molecule has 0 amide bonds. The Morgan fingerprint density at radius 1 is 0.821 bits per heavy atom. The van der Waals surface area contributed by atoms with Crippen molar-refractivity contribution in [2.75, 3.05) is 0 Å². The summed E-state index contributed by atoms with van der Waals surface area (Å²) in [6.45, 7) is 0. The van der Waals surface area contributed by atoms with E-state index in [4.69, 9.17) is 22.2 Å². The minimum absolute atomic E-state index is 0.652. The summed E-state index contributed by atoms with van der Waals surface area (Å²) in [5.74, 6) is 0.652. The van der Waals surface area contributed by atoms with Crippen molar-refractivity contribution in [3.05, 3.63) is 106 Å². The molecule has 4 nitrogen and oxygen atoms in total. The minimum atomic E-state index is 0.652. The van der Waals surface area contributed by atoms with Crippen molar-refractivity contribution in [2.24, 2.45) is 17.0 Å². The van der Waals surface area contributed by atoms with Crippen molar-refractivity contribution < 1.29 is 0 Å². The SMILES string of the molecule is Cn1c(=NC(=Nc2ccccc2)c2ccccc2)sn(-c2ccccc2)c1=S. The molecule has 138 valence electrons. The van der Waals surface area contributed by atoms with Gasteiger partial charge < -0.3 is 0 Å². The first kappa shape index (κ1) is 18.3. The van der Waals surface area contributed by atoms with E-state index in [1.165, 1.54) is 11.5 Å². The average Bonchev–Trinajstić information content (AvgIpc) is 3.04. The third-order valence-corrected chi connectivity index (χ3v) is 5.80. The predicted molar refractivity (Wildman–Crippen MR) is 118 cm³/mol. The van der Waals surface area contributed by atoms with E-state index >= 15 is 0 Å². The third kappa shape index (κ3) is 3.93. The summed E-state index contributed by atoms with van der Waals surface area (Å²) < 4.78 is 4.61. The summed E-state index contributed by atoms with van der Waals surface area (Å²) in [6, 6.07) is 29.9. The maximum atomic E-state index is 5.63. The van der Waals surface area contributed by atoms with Gasteiger partial charge in [-0.25, -0.2) is 8.95 Å². The van der Waals surface area contributed by atoms with Crippen molar-refractivity contribution in [1.82, 2.24) is 8.52 Å². The molecule has 4 rings (SSSR count). The fourth-order valence-electron chi connectivity index (χ4n) is 2.68. The molecule has 0 spiro atoms. The fraction of sp³-hybridized carbons (Fsp3) is 0.0455. The number of benzene rings is 3. The molecule has 0 aliphatic carbocycles. The number of para-hydroxylation sites is 2. The highest BCUT2D eigenvalue weighted by Gasteiger charge is 2.07. The number of hydrogen-bond acceptors (Lipinski definition) is 3. The van der Waals surface area contributed by atoms with Gasteiger partial charge in [-0.2, -0.15) is 4.99 Å². The molecule has 0 saturated carbocycles. The van der Waals surface area contributed by atoms with Crippen molar-refractivity contribution in [3.63, 3.8) is 0 Å². The second-order valence-electron chi connectivity index (χ2n) is 6.09. The number of rotatable bonds is 3. The molecule has 1 heterocycles. The predicted octanol–water partition coefficient (Wildman–Crippen LogP) is 5.29. The molecule has 28 heavy (non-hydrogen) atoms. The van der Waals surface area contributed by atoms with Gasteiger partial charge >= 0.3 is 0 Å². The number of aromatic nitrogens is 2. The van der Waals surface area contributed by atoms with E-state index in [1.807, 2.05) is 107 Å². The summed E-state index contributed by atoms with van der Waals surface area (Å²) in [5.41, 5.74) is 2.84. The van der Waals surface area contributed by atoms with Gasteiger partial charge in [-0.3, -0.25) is 4.57 Å². The minimum Gasteiger partial charge on any atom is -0.295 e. The summed E-state index contributed by atoms with van der Waals surface area (Å²) in [7, 11) is 1.93. The van der Waals surface area contributed by atoms with Crippen LogP contribution in [0.2, 0.25) is 0 Å². The van der Waals surface area contributed by atoms with Crippen LogP contribution >= 0.6 is 23.8 Å². The van der Waals surface area contributed by atoms with E-state index in [0.29, 0.717) is 10.6 Å². The second kappa shape index (κ2) is 8.29. The van der Waals surface area contributed by atoms with Gasteiger partial charge in [0.25, 0.3) is 0 Å². The lowest BCUT2D eigenvalue weighted by molar-refractivity contribution is 0.825. The zero-order chi connectivity index (χ0) is 19.3. The smallest absolute Gasteiger partial charge is 0.210 e. The zero-order valence-electron chi connectivity index (χ0n) is 15.3. The maximum Gasteiger partial charge on any atom is 0.210 e. The molecule has 1 aromatic heterocycles. The van der Waals surface area contributed by atoms with E-state index in [1.54, 1.807) is 0 Å². The van der Waals surface area contributed by atoms with Crippen LogP contribution in [0, 0.1) is 4.77 Å². The standard InChI is InChI=1S/C22H18N4S2/c1-25-21(28-26(22(25)27)19-15-9-4-10-16-19)24-20(17-11-5-2-6-12-17)23-18-13-7-3-8-14-18/h2-16H,1H3. The molecular formula is C22H18N4S2. The van der Waals surface area contributed by atoms with E-state index < -0.39 is 0 Å². The van der Waals surface area contributed by atoms with Crippen LogP contribution in [-0.4, -0.2) is 14.4 Å². The summed E-state index contributed by atoms with van der Waals surface area (Å²) >= 11 is 7.13. The molecule has 4 aromatic rings. The first-order chi connectivity index (χ1) is 13.7. The van der Waals surface area contributed by atoms with Crippen molar-refractivity contribution in [1.29, 1.82) is 0 Å². The van der Waals surface area contributed by atoms with Crippen molar-refractivity contribution in [3.8, 4) is 5.69 Å². The Balaban J connectivity index is 1.89. The summed E-state index contributed by atoms with van der Waals surface area (Å²) in [5, 5.41) is 0. The first-order valence-corrected chi connectivity index (χ1v) is 9.99.